The van der Waals surface area contributed by atoms with Crippen molar-refractivity contribution in [1.82, 2.24) is 10.2 Å². The lowest BCUT2D eigenvalue weighted by molar-refractivity contribution is -0.171. The molecule has 2 fully saturated rings. The number of nitrogens with one attached hydrogen (secondary N) is 1. The number of hydrogen-bond donors (Lipinski definition) is 4. The minimum absolute atomic E-state index is 0.0000764. The zero-order valence-electron chi connectivity index (χ0n) is 22.2. The largest absolute Gasteiger partial charge is 0.493 e. The molecule has 0 aromatic heterocycles. The molecular weight excluding hydrogens is 533 g/mol. The summed E-state index contributed by atoms with van der Waals surface area (Å²) in [7, 11) is 1.38. The standard InChI is InChI=1S/C28H35F3N2O7/c1-39-21-9-15(12-35)8-18-23-19(27(38)32-4-5-34)11-20(24(37)26(23)40-25(18)21)33(13-28(29,30)31)22(36)10-17-7-14-2-3-16(17)6-14/h8-9,11,14,16-17,20,23-24,26,34-35,37H,2-7,10,12-13H2,1H3,(H,32,38)/t14?,16?,17?,20-,23+,24+,26+/m1/s1. The lowest BCUT2D eigenvalue weighted by atomic mass is 9.77. The molecule has 40 heavy (non-hydrogen) atoms. The Morgan fingerprint density at radius 3 is 2.58 bits per heavy atom. The van der Waals surface area contributed by atoms with E-state index in [4.69, 9.17) is 9.47 Å². The molecular formula is C28H35F3N2O7. The second-order valence-corrected chi connectivity index (χ2v) is 11.3. The minimum Gasteiger partial charge on any atom is -0.493 e. The number of fused-ring (bicyclic) bond motifs is 5. The van der Waals surface area contributed by atoms with Crippen LogP contribution in [0.4, 0.5) is 13.2 Å². The van der Waals surface area contributed by atoms with Crippen molar-refractivity contribution in [3.63, 3.8) is 0 Å². The molecule has 0 saturated heterocycles. The Labute approximate surface area is 229 Å². The van der Waals surface area contributed by atoms with Crippen LogP contribution in [-0.4, -0.2) is 83.3 Å². The highest BCUT2D eigenvalue weighted by molar-refractivity contribution is 5.96. The molecule has 1 aromatic rings. The molecule has 1 aliphatic heterocycles. The van der Waals surface area contributed by atoms with E-state index in [1.807, 2.05) is 0 Å². The van der Waals surface area contributed by atoms with Crippen molar-refractivity contribution in [2.45, 2.75) is 69.1 Å². The molecule has 4 aliphatic rings. The third-order valence-corrected chi connectivity index (χ3v) is 8.85. The van der Waals surface area contributed by atoms with Gasteiger partial charge >= 0.3 is 6.18 Å². The number of carbonyl (C=O) groups excluding carboxylic acids is 2. The summed E-state index contributed by atoms with van der Waals surface area (Å²) in [6.45, 7) is -2.40. The molecule has 3 aliphatic carbocycles. The van der Waals surface area contributed by atoms with Gasteiger partial charge in [0, 0.05) is 24.1 Å². The van der Waals surface area contributed by atoms with E-state index < -0.39 is 48.7 Å². The number of aliphatic hydroxyl groups excluding tert-OH is 3. The minimum atomic E-state index is -4.74. The smallest absolute Gasteiger partial charge is 0.406 e. The van der Waals surface area contributed by atoms with Crippen LogP contribution >= 0.6 is 0 Å². The van der Waals surface area contributed by atoms with Crippen molar-refractivity contribution in [3.05, 3.63) is 34.9 Å². The zero-order valence-corrected chi connectivity index (χ0v) is 22.2. The SMILES string of the molecule is COc1cc(CO)cc2c1O[C@@H]1[C@@H](O)[C@H](N(CC(F)(F)F)C(=O)CC3CC4CCC3C4)C=C(C(=O)NCCO)[C@H]21. The Bertz CT molecular complexity index is 1170. The summed E-state index contributed by atoms with van der Waals surface area (Å²) >= 11 is 0. The molecule has 2 bridgehead atoms. The van der Waals surface area contributed by atoms with Crippen LogP contribution in [-0.2, 0) is 16.2 Å². The van der Waals surface area contributed by atoms with E-state index in [-0.39, 0.29) is 49.2 Å². The van der Waals surface area contributed by atoms with Crippen LogP contribution in [0.1, 0.15) is 49.1 Å². The molecule has 1 heterocycles. The summed E-state index contributed by atoms with van der Waals surface area (Å²) in [5.74, 6) is -1.05. The van der Waals surface area contributed by atoms with E-state index in [9.17, 15) is 38.1 Å². The van der Waals surface area contributed by atoms with Crippen molar-refractivity contribution >= 4 is 11.8 Å². The Morgan fingerprint density at radius 1 is 1.20 bits per heavy atom. The number of aliphatic hydroxyl groups is 3. The second-order valence-electron chi connectivity index (χ2n) is 11.3. The number of hydrogen-bond acceptors (Lipinski definition) is 7. The first-order chi connectivity index (χ1) is 19.0. The van der Waals surface area contributed by atoms with Gasteiger partial charge in [0.25, 0.3) is 0 Å². The predicted octanol–water partition coefficient (Wildman–Crippen LogP) is 2.03. The number of methoxy groups -OCH3 is 1. The molecule has 0 radical (unpaired) electrons. The fourth-order valence-electron chi connectivity index (χ4n) is 7.14. The van der Waals surface area contributed by atoms with Gasteiger partial charge in [-0.15, -0.1) is 0 Å². The van der Waals surface area contributed by atoms with Gasteiger partial charge in [0.2, 0.25) is 11.8 Å². The van der Waals surface area contributed by atoms with Crippen LogP contribution in [0.15, 0.2) is 23.8 Å². The summed E-state index contributed by atoms with van der Waals surface area (Å²) in [5, 5.41) is 33.0. The monoisotopic (exact) mass is 568 g/mol. The van der Waals surface area contributed by atoms with Gasteiger partial charge in [-0.05, 0) is 60.8 Å². The Kier molecular flexibility index (Phi) is 8.04. The fourth-order valence-corrected chi connectivity index (χ4v) is 7.14. The van der Waals surface area contributed by atoms with Crippen LogP contribution in [0.25, 0.3) is 0 Å². The molecule has 3 unspecified atom stereocenters. The average molecular weight is 569 g/mol. The summed E-state index contributed by atoms with van der Waals surface area (Å²) in [6.07, 6.45) is -2.52. The highest BCUT2D eigenvalue weighted by Gasteiger charge is 2.53. The van der Waals surface area contributed by atoms with E-state index in [1.54, 1.807) is 6.07 Å². The van der Waals surface area contributed by atoms with Crippen LogP contribution in [0, 0.1) is 17.8 Å². The molecule has 1 aromatic carbocycles. The van der Waals surface area contributed by atoms with Crippen molar-refractivity contribution in [3.8, 4) is 11.5 Å². The topological polar surface area (TPSA) is 129 Å². The quantitative estimate of drug-likeness (QED) is 0.359. The molecule has 7 atom stereocenters. The molecule has 0 spiro atoms. The van der Waals surface area contributed by atoms with E-state index >= 15 is 0 Å². The maximum atomic E-state index is 13.8. The predicted molar refractivity (Wildman–Crippen MR) is 135 cm³/mol. The summed E-state index contributed by atoms with van der Waals surface area (Å²) in [4.78, 5) is 27.4. The summed E-state index contributed by atoms with van der Waals surface area (Å²) in [5.41, 5.74) is 0.878. The number of amides is 2. The first-order valence-corrected chi connectivity index (χ1v) is 13.7. The number of nitrogens with zero attached hydrogens (tertiary/aromatic N) is 1. The van der Waals surface area contributed by atoms with Crippen LogP contribution in [0.2, 0.25) is 0 Å². The molecule has 9 nitrogen and oxygen atoms in total. The number of halogens is 3. The molecule has 4 N–H and O–H groups in total. The normalized spacial score (nSPS) is 30.3. The van der Waals surface area contributed by atoms with Gasteiger partial charge in [-0.2, -0.15) is 13.2 Å². The zero-order chi connectivity index (χ0) is 28.8. The van der Waals surface area contributed by atoms with Gasteiger partial charge < -0.3 is 35.0 Å². The number of carbonyl (C=O) groups is 2. The van der Waals surface area contributed by atoms with Crippen molar-refractivity contribution in [2.24, 2.45) is 17.8 Å². The number of benzene rings is 1. The van der Waals surface area contributed by atoms with E-state index in [0.717, 1.165) is 25.7 Å². The van der Waals surface area contributed by atoms with Crippen LogP contribution in [0.5, 0.6) is 11.5 Å². The van der Waals surface area contributed by atoms with Gasteiger partial charge in [-0.25, -0.2) is 0 Å². The van der Waals surface area contributed by atoms with Crippen molar-refractivity contribution < 1.29 is 47.6 Å². The highest BCUT2D eigenvalue weighted by Crippen LogP contribution is 2.52. The Hall–Kier alpha value is -2.83. The maximum Gasteiger partial charge on any atom is 0.406 e. The van der Waals surface area contributed by atoms with E-state index in [2.05, 4.69) is 5.32 Å². The lowest BCUT2D eigenvalue weighted by Crippen LogP contribution is -2.57. The van der Waals surface area contributed by atoms with Crippen LogP contribution in [0.3, 0.4) is 0 Å². The van der Waals surface area contributed by atoms with Gasteiger partial charge in [0.05, 0.1) is 32.3 Å². The van der Waals surface area contributed by atoms with Gasteiger partial charge in [-0.3, -0.25) is 9.59 Å². The first-order valence-electron chi connectivity index (χ1n) is 13.7. The molecule has 220 valence electrons. The van der Waals surface area contributed by atoms with Crippen molar-refractivity contribution in [1.29, 1.82) is 0 Å². The Morgan fingerprint density at radius 2 is 1.98 bits per heavy atom. The second kappa shape index (κ2) is 11.2. The maximum absolute atomic E-state index is 13.8. The van der Waals surface area contributed by atoms with E-state index in [1.165, 1.54) is 19.3 Å². The van der Waals surface area contributed by atoms with Gasteiger partial charge in [0.1, 0.15) is 18.8 Å². The van der Waals surface area contributed by atoms with Gasteiger partial charge in [0.15, 0.2) is 11.5 Å². The molecule has 5 rings (SSSR count). The average Bonchev–Trinajstić information content (AvgIpc) is 3.64. The van der Waals surface area contributed by atoms with E-state index in [0.29, 0.717) is 27.9 Å². The highest BCUT2D eigenvalue weighted by atomic mass is 19.4. The molecule has 2 saturated carbocycles. The lowest BCUT2D eigenvalue weighted by Gasteiger charge is -2.41. The van der Waals surface area contributed by atoms with Crippen LogP contribution < -0.4 is 14.8 Å². The Balaban J connectivity index is 1.53. The fraction of sp³-hybridized carbons (Fsp3) is 0.643. The molecule has 2 amide bonds. The van der Waals surface area contributed by atoms with Crippen molar-refractivity contribution in [2.75, 3.05) is 26.8 Å². The first kappa shape index (κ1) is 28.7. The number of ether oxygens (including phenoxy) is 2. The molecule has 12 heteroatoms. The number of alkyl halides is 3. The van der Waals surface area contributed by atoms with Gasteiger partial charge in [-0.1, -0.05) is 6.42 Å². The number of rotatable bonds is 9. The summed E-state index contributed by atoms with van der Waals surface area (Å²) in [6, 6.07) is 1.64. The summed E-state index contributed by atoms with van der Waals surface area (Å²) < 4.78 is 52.9. The third-order valence-electron chi connectivity index (χ3n) is 8.85. The third kappa shape index (κ3) is 5.40.